The summed E-state index contributed by atoms with van der Waals surface area (Å²) >= 11 is 0. The Morgan fingerprint density at radius 3 is 2.70 bits per heavy atom. The highest BCUT2D eigenvalue weighted by Gasteiger charge is 2.51. The van der Waals surface area contributed by atoms with Gasteiger partial charge in [0.05, 0.1) is 0 Å². The van der Waals surface area contributed by atoms with Crippen LogP contribution in [0.3, 0.4) is 0 Å². The van der Waals surface area contributed by atoms with Crippen molar-refractivity contribution in [3.05, 3.63) is 47.8 Å². The molecule has 1 N–H and O–H groups in total. The number of aromatic nitrogens is 2. The molecule has 7 nitrogen and oxygen atoms in total. The highest BCUT2D eigenvalue weighted by atomic mass is 19.3. The van der Waals surface area contributed by atoms with E-state index in [0.717, 1.165) is 12.8 Å². The molecule has 1 aromatic heterocycles. The van der Waals surface area contributed by atoms with Crippen molar-refractivity contribution in [2.24, 2.45) is 0 Å². The molecule has 140 valence electrons. The van der Waals surface area contributed by atoms with Gasteiger partial charge in [-0.1, -0.05) is 0 Å². The topological polar surface area (TPSA) is 84.4 Å². The van der Waals surface area contributed by atoms with Gasteiger partial charge in [-0.3, -0.25) is 14.9 Å². The minimum absolute atomic E-state index is 0.0373. The average Bonchev–Trinajstić information content (AvgIpc) is 3.40. The summed E-state index contributed by atoms with van der Waals surface area (Å²) in [6.07, 6.45) is 4.66. The Balaban J connectivity index is 1.53. The van der Waals surface area contributed by atoms with Gasteiger partial charge >= 0.3 is 6.61 Å². The van der Waals surface area contributed by atoms with Gasteiger partial charge < -0.3 is 9.64 Å². The van der Waals surface area contributed by atoms with Crippen molar-refractivity contribution in [3.63, 3.8) is 0 Å². The van der Waals surface area contributed by atoms with Crippen LogP contribution in [-0.2, 0) is 10.2 Å². The number of halogens is 2. The van der Waals surface area contributed by atoms with Crippen molar-refractivity contribution in [1.29, 1.82) is 0 Å². The summed E-state index contributed by atoms with van der Waals surface area (Å²) in [6.45, 7) is -2.69. The van der Waals surface area contributed by atoms with Gasteiger partial charge in [0.25, 0.3) is 5.91 Å². The van der Waals surface area contributed by atoms with Crippen LogP contribution in [0, 0.1) is 0 Å². The molecule has 9 heteroatoms. The second-order valence-electron chi connectivity index (χ2n) is 6.65. The second-order valence-corrected chi connectivity index (χ2v) is 6.65. The molecule has 4 rings (SSSR count). The molecule has 0 atom stereocenters. The lowest BCUT2D eigenvalue weighted by atomic mass is 9.86. The first-order chi connectivity index (χ1) is 13.0. The lowest BCUT2D eigenvalue weighted by Gasteiger charge is -2.34. The number of nitrogens with zero attached hydrogens (tertiary/aromatic N) is 3. The first kappa shape index (κ1) is 17.3. The molecule has 27 heavy (non-hydrogen) atoms. The minimum atomic E-state index is -2.92. The highest BCUT2D eigenvalue weighted by molar-refractivity contribution is 6.01. The van der Waals surface area contributed by atoms with Crippen molar-refractivity contribution < 1.29 is 23.1 Å². The smallest absolute Gasteiger partial charge is 0.387 e. The normalized spacial score (nSPS) is 17.0. The predicted octanol–water partition coefficient (Wildman–Crippen LogP) is 2.20. The summed E-state index contributed by atoms with van der Waals surface area (Å²) in [4.78, 5) is 34.3. The van der Waals surface area contributed by atoms with Crippen molar-refractivity contribution in [1.82, 2.24) is 14.9 Å². The lowest BCUT2D eigenvalue weighted by Crippen LogP contribution is -2.46. The van der Waals surface area contributed by atoms with Crippen molar-refractivity contribution in [2.75, 3.05) is 18.4 Å². The quantitative estimate of drug-likeness (QED) is 0.867. The van der Waals surface area contributed by atoms with Crippen LogP contribution in [0.25, 0.3) is 0 Å². The first-order valence-electron chi connectivity index (χ1n) is 8.42. The molecule has 0 unspecified atom stereocenters. The summed E-state index contributed by atoms with van der Waals surface area (Å²) in [5.41, 5.74) is 0.840. The third-order valence-corrected chi connectivity index (χ3v) is 4.80. The molecule has 1 aliphatic heterocycles. The van der Waals surface area contributed by atoms with Crippen LogP contribution in [0.4, 0.5) is 14.7 Å². The Morgan fingerprint density at radius 1 is 1.30 bits per heavy atom. The number of carbonyl (C=O) groups is 2. The van der Waals surface area contributed by atoms with Crippen LogP contribution in [-0.4, -0.2) is 46.4 Å². The Kier molecular flexibility index (Phi) is 4.21. The van der Waals surface area contributed by atoms with E-state index in [4.69, 9.17) is 0 Å². The molecule has 1 saturated carbocycles. The maximum Gasteiger partial charge on any atom is 0.387 e. The molecular weight excluding hydrogens is 358 g/mol. The van der Waals surface area contributed by atoms with Gasteiger partial charge in [-0.2, -0.15) is 8.78 Å². The number of benzene rings is 1. The van der Waals surface area contributed by atoms with E-state index < -0.39 is 12.5 Å². The number of amides is 2. The van der Waals surface area contributed by atoms with Gasteiger partial charge in [0.2, 0.25) is 11.9 Å². The highest BCUT2D eigenvalue weighted by Crippen LogP contribution is 2.53. The fourth-order valence-corrected chi connectivity index (χ4v) is 3.42. The number of rotatable bonds is 5. The van der Waals surface area contributed by atoms with Gasteiger partial charge in [-0.15, -0.1) is 0 Å². The monoisotopic (exact) mass is 374 g/mol. The molecule has 1 aliphatic carbocycles. The number of anilines is 1. The standard InChI is InChI=1S/C18H16F2N4O3/c19-16(20)27-11-2-3-12-13(8-11)18(4-5-18)10-24(15(12)26)9-14(25)23-17-21-6-1-7-22-17/h1-3,6-8,16H,4-5,9-10H2,(H,21,22,23,25). The Morgan fingerprint density at radius 2 is 2.04 bits per heavy atom. The zero-order chi connectivity index (χ0) is 19.0. The van der Waals surface area contributed by atoms with E-state index >= 15 is 0 Å². The summed E-state index contributed by atoms with van der Waals surface area (Å²) in [7, 11) is 0. The van der Waals surface area contributed by atoms with E-state index in [1.165, 1.54) is 35.5 Å². The van der Waals surface area contributed by atoms with Crippen LogP contribution < -0.4 is 10.1 Å². The molecule has 2 heterocycles. The van der Waals surface area contributed by atoms with Crippen molar-refractivity contribution in [2.45, 2.75) is 24.9 Å². The number of nitrogens with one attached hydrogen (secondary N) is 1. The van der Waals surface area contributed by atoms with E-state index in [-0.39, 0.29) is 29.6 Å². The SMILES string of the molecule is O=C(CN1CC2(CC2)c2cc(OC(F)F)ccc2C1=O)Nc1ncccn1. The van der Waals surface area contributed by atoms with E-state index in [2.05, 4.69) is 20.0 Å². The minimum Gasteiger partial charge on any atom is -0.435 e. The second kappa shape index (κ2) is 6.57. The average molecular weight is 374 g/mol. The number of alkyl halides is 2. The fourth-order valence-electron chi connectivity index (χ4n) is 3.42. The summed E-state index contributed by atoms with van der Waals surface area (Å²) in [5, 5.41) is 2.55. The molecule has 1 fully saturated rings. The van der Waals surface area contributed by atoms with Gasteiger partial charge in [-0.05, 0) is 42.7 Å². The largest absolute Gasteiger partial charge is 0.435 e. The number of hydrogen-bond donors (Lipinski definition) is 1. The van der Waals surface area contributed by atoms with Gasteiger partial charge in [-0.25, -0.2) is 9.97 Å². The van der Waals surface area contributed by atoms with Crippen molar-refractivity contribution >= 4 is 17.8 Å². The summed E-state index contributed by atoms with van der Waals surface area (Å²) < 4.78 is 29.4. The van der Waals surface area contributed by atoms with E-state index in [1.807, 2.05) is 0 Å². The van der Waals surface area contributed by atoms with Crippen LogP contribution in [0.1, 0.15) is 28.8 Å². The molecule has 0 bridgehead atoms. The van der Waals surface area contributed by atoms with Gasteiger partial charge in [0, 0.05) is 29.9 Å². The van der Waals surface area contributed by atoms with E-state index in [1.54, 1.807) is 6.07 Å². The molecule has 2 amide bonds. The Bertz CT molecular complexity index is 887. The predicted molar refractivity (Wildman–Crippen MR) is 90.6 cm³/mol. The molecule has 1 aromatic carbocycles. The number of fused-ring (bicyclic) bond motifs is 2. The van der Waals surface area contributed by atoms with Gasteiger partial charge in [0.1, 0.15) is 12.3 Å². The van der Waals surface area contributed by atoms with Crippen LogP contribution in [0.2, 0.25) is 0 Å². The molecular formula is C18H16F2N4O3. The molecule has 1 spiro atoms. The zero-order valence-corrected chi connectivity index (χ0v) is 14.2. The van der Waals surface area contributed by atoms with Crippen molar-refractivity contribution in [3.8, 4) is 5.75 Å². The lowest BCUT2D eigenvalue weighted by molar-refractivity contribution is -0.117. The van der Waals surface area contributed by atoms with E-state index in [0.29, 0.717) is 17.7 Å². The molecule has 2 aliphatic rings. The maximum absolute atomic E-state index is 12.8. The summed E-state index contributed by atoms with van der Waals surface area (Å²) in [6, 6.07) is 5.98. The first-order valence-corrected chi connectivity index (χ1v) is 8.42. The number of hydrogen-bond acceptors (Lipinski definition) is 5. The Labute approximate surface area is 153 Å². The zero-order valence-electron chi connectivity index (χ0n) is 14.2. The van der Waals surface area contributed by atoms with Crippen LogP contribution in [0.5, 0.6) is 5.75 Å². The Hall–Kier alpha value is -3.10. The number of ether oxygens (including phenoxy) is 1. The maximum atomic E-state index is 12.8. The molecule has 2 aromatic rings. The summed E-state index contributed by atoms with van der Waals surface area (Å²) in [5.74, 6) is -0.501. The third-order valence-electron chi connectivity index (χ3n) is 4.80. The third kappa shape index (κ3) is 3.44. The number of carbonyl (C=O) groups excluding carboxylic acids is 2. The molecule has 0 radical (unpaired) electrons. The van der Waals surface area contributed by atoms with Crippen LogP contribution in [0.15, 0.2) is 36.7 Å². The van der Waals surface area contributed by atoms with E-state index in [9.17, 15) is 18.4 Å². The van der Waals surface area contributed by atoms with Gasteiger partial charge in [0.15, 0.2) is 0 Å². The van der Waals surface area contributed by atoms with Crippen LogP contribution >= 0.6 is 0 Å². The molecule has 0 saturated heterocycles. The fraction of sp³-hybridized carbons (Fsp3) is 0.333.